The number of amides is 2. The van der Waals surface area contributed by atoms with Crippen LogP contribution in [0, 0.1) is 17.6 Å². The van der Waals surface area contributed by atoms with Crippen molar-refractivity contribution < 1.29 is 18.4 Å². The van der Waals surface area contributed by atoms with Crippen LogP contribution in [0.1, 0.15) is 66.9 Å². The lowest BCUT2D eigenvalue weighted by atomic mass is 9.95. The molecule has 2 aromatic carbocycles. The number of primary amides is 1. The molecule has 0 radical (unpaired) electrons. The smallest absolute Gasteiger partial charge is 0.262 e. The van der Waals surface area contributed by atoms with Crippen LogP contribution in [-0.4, -0.2) is 39.4 Å². The van der Waals surface area contributed by atoms with Crippen LogP contribution in [-0.2, 0) is 10.5 Å². The van der Waals surface area contributed by atoms with Crippen molar-refractivity contribution in [3.8, 4) is 0 Å². The predicted molar refractivity (Wildman–Crippen MR) is 142 cm³/mol. The van der Waals surface area contributed by atoms with Gasteiger partial charge in [-0.15, -0.1) is 0 Å². The summed E-state index contributed by atoms with van der Waals surface area (Å²) in [5.41, 5.74) is 6.22. The van der Waals surface area contributed by atoms with E-state index in [0.717, 1.165) is 50.3 Å². The van der Waals surface area contributed by atoms with E-state index in [2.05, 4.69) is 0 Å². The van der Waals surface area contributed by atoms with Crippen LogP contribution in [0.3, 0.4) is 0 Å². The Bertz CT molecular complexity index is 1430. The van der Waals surface area contributed by atoms with Crippen molar-refractivity contribution in [2.75, 3.05) is 13.1 Å². The third-order valence-electron chi connectivity index (χ3n) is 7.60. The molecule has 0 spiro atoms. The average Bonchev–Trinajstić information content (AvgIpc) is 2.93. The number of carbonyl (C=O) groups excluding carboxylic acids is 2. The maximum atomic E-state index is 14.3. The lowest BCUT2D eigenvalue weighted by Gasteiger charge is -2.30. The highest BCUT2D eigenvalue weighted by atomic mass is 32.2. The van der Waals surface area contributed by atoms with Crippen LogP contribution in [0.15, 0.2) is 46.3 Å². The number of nitrogens with zero attached hydrogens (tertiary/aromatic N) is 3. The zero-order valence-corrected chi connectivity index (χ0v) is 21.8. The molecule has 1 saturated carbocycles. The first-order valence-corrected chi connectivity index (χ1v) is 14.0. The highest BCUT2D eigenvalue weighted by Crippen LogP contribution is 2.33. The van der Waals surface area contributed by atoms with Crippen molar-refractivity contribution in [1.82, 2.24) is 14.5 Å². The minimum atomic E-state index is -0.527. The number of carbonyl (C=O) groups is 2. The standard InChI is InChI=1S/C28H30F2N4O3S/c29-20-7-9-23(30)19(14-20)16-38-28-32-24-15-18(26(36)33-12-10-17(11-13-33)25(31)35)6-8-22(24)27(37)34(28)21-4-2-1-3-5-21/h6-9,14-15,17,21H,1-5,10-13,16H2,(H2,31,35). The number of hydrogen-bond acceptors (Lipinski definition) is 5. The fraction of sp³-hybridized carbons (Fsp3) is 0.429. The third-order valence-corrected chi connectivity index (χ3v) is 8.61. The van der Waals surface area contributed by atoms with Gasteiger partial charge in [-0.2, -0.15) is 0 Å². The van der Waals surface area contributed by atoms with Gasteiger partial charge in [0.25, 0.3) is 11.5 Å². The number of halogens is 2. The molecule has 2 heterocycles. The normalized spacial score (nSPS) is 17.2. The Labute approximate surface area is 223 Å². The van der Waals surface area contributed by atoms with E-state index >= 15 is 0 Å². The van der Waals surface area contributed by atoms with Gasteiger partial charge < -0.3 is 10.6 Å². The molecule has 2 fully saturated rings. The number of benzene rings is 2. The lowest BCUT2D eigenvalue weighted by molar-refractivity contribution is -0.123. The molecule has 2 aliphatic rings. The van der Waals surface area contributed by atoms with E-state index in [9.17, 15) is 23.2 Å². The number of aromatic nitrogens is 2. The van der Waals surface area contributed by atoms with E-state index in [1.165, 1.54) is 11.8 Å². The maximum absolute atomic E-state index is 14.3. The average molecular weight is 541 g/mol. The summed E-state index contributed by atoms with van der Waals surface area (Å²) < 4.78 is 29.8. The molecular weight excluding hydrogens is 510 g/mol. The van der Waals surface area contributed by atoms with Crippen LogP contribution >= 0.6 is 11.8 Å². The molecule has 1 aromatic heterocycles. The van der Waals surface area contributed by atoms with Crippen molar-refractivity contribution in [3.05, 3.63) is 69.5 Å². The minimum absolute atomic E-state index is 0.0131. The first-order valence-electron chi connectivity index (χ1n) is 13.0. The summed E-state index contributed by atoms with van der Waals surface area (Å²) in [5, 5.41) is 0.853. The highest BCUT2D eigenvalue weighted by molar-refractivity contribution is 7.98. The van der Waals surface area contributed by atoms with Gasteiger partial charge in [0.1, 0.15) is 11.6 Å². The Morgan fingerprint density at radius 1 is 1.00 bits per heavy atom. The van der Waals surface area contributed by atoms with Crippen LogP contribution in [0.2, 0.25) is 0 Å². The summed E-state index contributed by atoms with van der Waals surface area (Å²) in [6, 6.07) is 8.23. The molecule has 2 amide bonds. The molecular formula is C28H30F2N4O3S. The number of fused-ring (bicyclic) bond motifs is 1. The maximum Gasteiger partial charge on any atom is 0.262 e. The van der Waals surface area contributed by atoms with E-state index in [-0.39, 0.29) is 40.6 Å². The summed E-state index contributed by atoms with van der Waals surface area (Å²) >= 11 is 1.20. The van der Waals surface area contributed by atoms with Gasteiger partial charge in [-0.3, -0.25) is 19.0 Å². The molecule has 1 aliphatic heterocycles. The summed E-state index contributed by atoms with van der Waals surface area (Å²) in [7, 11) is 0. The van der Waals surface area contributed by atoms with Crippen molar-refractivity contribution >= 4 is 34.5 Å². The number of hydrogen-bond donors (Lipinski definition) is 1. The van der Waals surface area contributed by atoms with Crippen LogP contribution in [0.5, 0.6) is 0 Å². The zero-order chi connectivity index (χ0) is 26.8. The molecule has 1 saturated heterocycles. The molecule has 1 aliphatic carbocycles. The van der Waals surface area contributed by atoms with E-state index in [4.69, 9.17) is 10.7 Å². The van der Waals surface area contributed by atoms with Crippen molar-refractivity contribution in [2.45, 2.75) is 61.9 Å². The topological polar surface area (TPSA) is 98.3 Å². The van der Waals surface area contributed by atoms with Crippen LogP contribution in [0.4, 0.5) is 8.78 Å². The highest BCUT2D eigenvalue weighted by Gasteiger charge is 2.27. The summed E-state index contributed by atoms with van der Waals surface area (Å²) in [6.07, 6.45) is 5.90. The van der Waals surface area contributed by atoms with E-state index in [1.54, 1.807) is 27.7 Å². The number of likely N-dealkylation sites (tertiary alicyclic amines) is 1. The Balaban J connectivity index is 1.48. The van der Waals surface area contributed by atoms with Gasteiger partial charge >= 0.3 is 0 Å². The molecule has 0 bridgehead atoms. The van der Waals surface area contributed by atoms with E-state index in [0.29, 0.717) is 47.6 Å². The molecule has 5 rings (SSSR count). The molecule has 0 unspecified atom stereocenters. The Kier molecular flexibility index (Phi) is 7.78. The Morgan fingerprint density at radius 3 is 2.45 bits per heavy atom. The second kappa shape index (κ2) is 11.2. The van der Waals surface area contributed by atoms with Crippen molar-refractivity contribution in [1.29, 1.82) is 0 Å². The number of rotatable bonds is 6. The lowest BCUT2D eigenvalue weighted by Crippen LogP contribution is -2.41. The van der Waals surface area contributed by atoms with Gasteiger partial charge in [-0.25, -0.2) is 13.8 Å². The first-order chi connectivity index (χ1) is 18.3. The van der Waals surface area contributed by atoms with Crippen molar-refractivity contribution in [3.63, 3.8) is 0 Å². The van der Waals surface area contributed by atoms with Gasteiger partial charge in [0.2, 0.25) is 5.91 Å². The van der Waals surface area contributed by atoms with Gasteiger partial charge in [0.15, 0.2) is 5.16 Å². The first kappa shape index (κ1) is 26.3. The van der Waals surface area contributed by atoms with E-state index in [1.807, 2.05) is 0 Å². The summed E-state index contributed by atoms with van der Waals surface area (Å²) in [4.78, 5) is 44.8. The summed E-state index contributed by atoms with van der Waals surface area (Å²) in [6.45, 7) is 0.864. The molecule has 200 valence electrons. The van der Waals surface area contributed by atoms with Gasteiger partial charge in [-0.05, 0) is 62.1 Å². The molecule has 2 N–H and O–H groups in total. The molecule has 3 aromatic rings. The fourth-order valence-electron chi connectivity index (χ4n) is 5.42. The number of thioether (sulfide) groups is 1. The van der Waals surface area contributed by atoms with Gasteiger partial charge in [0, 0.05) is 41.9 Å². The second-order valence-corrected chi connectivity index (χ2v) is 11.0. The number of piperidine rings is 1. The molecule has 38 heavy (non-hydrogen) atoms. The second-order valence-electron chi connectivity index (χ2n) is 10.1. The SMILES string of the molecule is NC(=O)C1CCN(C(=O)c2ccc3c(=O)n(C4CCCCC4)c(SCc4cc(F)ccc4F)nc3c2)CC1. The Hall–Kier alpha value is -3.27. The quantitative estimate of drug-likeness (QED) is 0.358. The largest absolute Gasteiger partial charge is 0.369 e. The van der Waals surface area contributed by atoms with Gasteiger partial charge in [0.05, 0.1) is 10.9 Å². The third kappa shape index (κ3) is 5.45. The molecule has 7 nitrogen and oxygen atoms in total. The number of nitrogens with two attached hydrogens (primary N) is 1. The molecule has 0 atom stereocenters. The molecule has 10 heteroatoms. The predicted octanol–water partition coefficient (Wildman–Crippen LogP) is 4.81. The summed E-state index contributed by atoms with van der Waals surface area (Å²) in [5.74, 6) is -1.69. The van der Waals surface area contributed by atoms with E-state index < -0.39 is 11.6 Å². The fourth-order valence-corrected chi connectivity index (χ4v) is 6.46. The van der Waals surface area contributed by atoms with Gasteiger partial charge in [-0.1, -0.05) is 31.0 Å². The zero-order valence-electron chi connectivity index (χ0n) is 21.0. The van der Waals surface area contributed by atoms with Crippen LogP contribution < -0.4 is 11.3 Å². The Morgan fingerprint density at radius 2 is 1.74 bits per heavy atom. The van der Waals surface area contributed by atoms with Crippen LogP contribution in [0.25, 0.3) is 10.9 Å². The minimum Gasteiger partial charge on any atom is -0.369 e. The monoisotopic (exact) mass is 540 g/mol. The van der Waals surface area contributed by atoms with Crippen molar-refractivity contribution in [2.24, 2.45) is 11.7 Å².